The van der Waals surface area contributed by atoms with Crippen molar-refractivity contribution in [3.63, 3.8) is 0 Å². The fourth-order valence-electron chi connectivity index (χ4n) is 3.02. The summed E-state index contributed by atoms with van der Waals surface area (Å²) in [5.74, 6) is 2.51. The van der Waals surface area contributed by atoms with Crippen LogP contribution in [0, 0.1) is 0 Å². The van der Waals surface area contributed by atoms with Crippen LogP contribution in [-0.4, -0.2) is 48.4 Å². The maximum Gasteiger partial charge on any atom is 0.228 e. The van der Waals surface area contributed by atoms with E-state index in [0.717, 1.165) is 18.3 Å². The van der Waals surface area contributed by atoms with E-state index < -0.39 is 0 Å². The molecule has 0 spiro atoms. The highest BCUT2D eigenvalue weighted by molar-refractivity contribution is 14.0. The van der Waals surface area contributed by atoms with E-state index in [-0.39, 0.29) is 29.9 Å². The first kappa shape index (κ1) is 24.1. The van der Waals surface area contributed by atoms with Crippen molar-refractivity contribution in [2.24, 2.45) is 4.99 Å². The fourth-order valence-corrected chi connectivity index (χ4v) is 3.02. The van der Waals surface area contributed by atoms with Gasteiger partial charge in [0.05, 0.1) is 19.3 Å². The molecule has 2 rings (SSSR count). The highest BCUT2D eigenvalue weighted by atomic mass is 127. The Kier molecular flexibility index (Phi) is 12.6. The maximum absolute atomic E-state index is 5.99. The van der Waals surface area contributed by atoms with Gasteiger partial charge in [-0.15, -0.1) is 24.0 Å². The summed E-state index contributed by atoms with van der Waals surface area (Å²) in [6, 6.07) is 0. The van der Waals surface area contributed by atoms with E-state index >= 15 is 0 Å². The van der Waals surface area contributed by atoms with Crippen molar-refractivity contribution in [2.45, 2.75) is 77.7 Å². The number of guanidine groups is 1. The minimum Gasteiger partial charge on any atom is -0.376 e. The molecule has 27 heavy (non-hydrogen) atoms. The van der Waals surface area contributed by atoms with Crippen molar-refractivity contribution >= 4 is 29.9 Å². The number of aromatic nitrogens is 2. The molecular weight excluding hydrogens is 457 g/mol. The van der Waals surface area contributed by atoms with E-state index in [1.807, 2.05) is 0 Å². The lowest BCUT2D eigenvalue weighted by atomic mass is 10.1. The second-order valence-electron chi connectivity index (χ2n) is 7.12. The molecule has 7 nitrogen and oxygen atoms in total. The van der Waals surface area contributed by atoms with Crippen molar-refractivity contribution in [3.8, 4) is 0 Å². The molecule has 0 unspecified atom stereocenters. The highest BCUT2D eigenvalue weighted by Crippen LogP contribution is 2.19. The normalized spacial score (nSPS) is 16.1. The van der Waals surface area contributed by atoms with Gasteiger partial charge in [-0.1, -0.05) is 44.7 Å². The molecule has 0 bridgehead atoms. The van der Waals surface area contributed by atoms with Crippen LogP contribution in [0.15, 0.2) is 9.52 Å². The van der Waals surface area contributed by atoms with Gasteiger partial charge in [-0.2, -0.15) is 4.98 Å². The molecule has 1 aromatic rings. The van der Waals surface area contributed by atoms with Gasteiger partial charge >= 0.3 is 0 Å². The summed E-state index contributed by atoms with van der Waals surface area (Å²) in [5, 5.41) is 10.6. The lowest BCUT2D eigenvalue weighted by Crippen LogP contribution is -2.38. The fraction of sp³-hybridized carbons (Fsp3) is 0.842. The van der Waals surface area contributed by atoms with Crippen LogP contribution in [0.3, 0.4) is 0 Å². The Morgan fingerprint density at radius 3 is 2.59 bits per heavy atom. The predicted molar refractivity (Wildman–Crippen MR) is 119 cm³/mol. The van der Waals surface area contributed by atoms with Gasteiger partial charge < -0.3 is 19.9 Å². The van der Waals surface area contributed by atoms with Crippen LogP contribution in [0.2, 0.25) is 0 Å². The van der Waals surface area contributed by atoms with E-state index in [9.17, 15) is 0 Å². The van der Waals surface area contributed by atoms with Gasteiger partial charge in [0.1, 0.15) is 0 Å². The smallest absolute Gasteiger partial charge is 0.228 e. The zero-order valence-electron chi connectivity index (χ0n) is 17.0. The molecular formula is C19H36IN5O2. The van der Waals surface area contributed by atoms with Gasteiger partial charge in [0.2, 0.25) is 5.89 Å². The average Bonchev–Trinajstić information content (AvgIpc) is 2.95. The first-order chi connectivity index (χ1) is 12.7. The van der Waals surface area contributed by atoms with Crippen molar-refractivity contribution in [2.75, 3.05) is 26.2 Å². The van der Waals surface area contributed by atoms with E-state index in [2.05, 4.69) is 46.5 Å². The third-order valence-corrected chi connectivity index (χ3v) is 4.49. The molecule has 0 saturated heterocycles. The summed E-state index contributed by atoms with van der Waals surface area (Å²) >= 11 is 0. The number of rotatable bonds is 9. The summed E-state index contributed by atoms with van der Waals surface area (Å²) in [4.78, 5) is 8.98. The lowest BCUT2D eigenvalue weighted by molar-refractivity contribution is 0.0487. The first-order valence-corrected chi connectivity index (χ1v) is 10.1. The summed E-state index contributed by atoms with van der Waals surface area (Å²) in [6.07, 6.45) is 8.81. The first-order valence-electron chi connectivity index (χ1n) is 10.1. The average molecular weight is 493 g/mol. The summed E-state index contributed by atoms with van der Waals surface area (Å²) in [7, 11) is 0. The molecule has 0 radical (unpaired) electrons. The van der Waals surface area contributed by atoms with E-state index in [0.29, 0.717) is 38.1 Å². The standard InChI is InChI=1S/C19H35N5O2.HI/c1-4-20-19(21-12-11-17-23-18(15(2)3)24-26-17)22-13-14-25-16-9-7-5-6-8-10-16;/h15-16H,4-14H2,1-3H3,(H2,20,21,22);1H. The third kappa shape index (κ3) is 9.73. The summed E-state index contributed by atoms with van der Waals surface area (Å²) in [5.41, 5.74) is 0. The minimum atomic E-state index is 0. The SMILES string of the molecule is CCNC(=NCCOC1CCCCCC1)NCCc1nc(C(C)C)no1.I. The Labute approximate surface area is 180 Å². The lowest BCUT2D eigenvalue weighted by Gasteiger charge is -2.15. The highest BCUT2D eigenvalue weighted by Gasteiger charge is 2.12. The molecule has 1 aromatic heterocycles. The van der Waals surface area contributed by atoms with Crippen molar-refractivity contribution in [3.05, 3.63) is 11.7 Å². The molecule has 1 saturated carbocycles. The predicted octanol–water partition coefficient (Wildman–Crippen LogP) is 3.65. The molecule has 0 amide bonds. The van der Waals surface area contributed by atoms with Gasteiger partial charge in [-0.3, -0.25) is 4.99 Å². The molecule has 1 aliphatic rings. The molecule has 156 valence electrons. The van der Waals surface area contributed by atoms with Crippen molar-refractivity contribution in [1.82, 2.24) is 20.8 Å². The van der Waals surface area contributed by atoms with Crippen LogP contribution in [0.5, 0.6) is 0 Å². The van der Waals surface area contributed by atoms with Gasteiger partial charge in [0.15, 0.2) is 11.8 Å². The van der Waals surface area contributed by atoms with Crippen LogP contribution >= 0.6 is 24.0 Å². The molecule has 0 atom stereocenters. The zero-order chi connectivity index (χ0) is 18.6. The van der Waals surface area contributed by atoms with Gasteiger partial charge in [0.25, 0.3) is 0 Å². The molecule has 1 heterocycles. The molecule has 2 N–H and O–H groups in total. The number of hydrogen-bond acceptors (Lipinski definition) is 5. The number of halogens is 1. The largest absolute Gasteiger partial charge is 0.376 e. The Morgan fingerprint density at radius 2 is 1.96 bits per heavy atom. The molecule has 8 heteroatoms. The quantitative estimate of drug-likeness (QED) is 0.180. The van der Waals surface area contributed by atoms with Crippen LogP contribution in [0.4, 0.5) is 0 Å². The van der Waals surface area contributed by atoms with Crippen LogP contribution < -0.4 is 10.6 Å². The molecule has 0 aromatic carbocycles. The molecule has 0 aliphatic heterocycles. The minimum absolute atomic E-state index is 0. The Hall–Kier alpha value is -0.900. The number of nitrogens with one attached hydrogen (secondary N) is 2. The topological polar surface area (TPSA) is 84.6 Å². The van der Waals surface area contributed by atoms with Crippen LogP contribution in [0.25, 0.3) is 0 Å². The number of ether oxygens (including phenoxy) is 1. The van der Waals surface area contributed by atoms with Crippen LogP contribution in [0.1, 0.15) is 76.9 Å². The number of hydrogen-bond donors (Lipinski definition) is 2. The van der Waals surface area contributed by atoms with Gasteiger partial charge in [-0.05, 0) is 19.8 Å². The van der Waals surface area contributed by atoms with Gasteiger partial charge in [0, 0.05) is 25.4 Å². The van der Waals surface area contributed by atoms with Crippen LogP contribution in [-0.2, 0) is 11.2 Å². The van der Waals surface area contributed by atoms with E-state index in [1.165, 1.54) is 38.5 Å². The second-order valence-corrected chi connectivity index (χ2v) is 7.12. The number of nitrogens with zero attached hydrogens (tertiary/aromatic N) is 3. The van der Waals surface area contributed by atoms with Gasteiger partial charge in [-0.25, -0.2) is 0 Å². The second kappa shape index (κ2) is 14.1. The van der Waals surface area contributed by atoms with E-state index in [4.69, 9.17) is 9.26 Å². The molecule has 1 fully saturated rings. The van der Waals surface area contributed by atoms with Crippen molar-refractivity contribution < 1.29 is 9.26 Å². The Bertz CT molecular complexity index is 528. The Balaban J connectivity index is 0.00000364. The maximum atomic E-state index is 5.99. The molecule has 1 aliphatic carbocycles. The Morgan fingerprint density at radius 1 is 1.22 bits per heavy atom. The van der Waals surface area contributed by atoms with Crippen molar-refractivity contribution in [1.29, 1.82) is 0 Å². The van der Waals surface area contributed by atoms with E-state index in [1.54, 1.807) is 0 Å². The zero-order valence-corrected chi connectivity index (χ0v) is 19.3. The number of aliphatic imine (C=N–C) groups is 1. The summed E-state index contributed by atoms with van der Waals surface area (Å²) in [6.45, 7) is 9.06. The third-order valence-electron chi connectivity index (χ3n) is 4.49. The summed E-state index contributed by atoms with van der Waals surface area (Å²) < 4.78 is 11.3. The monoisotopic (exact) mass is 493 g/mol.